The lowest BCUT2D eigenvalue weighted by Crippen LogP contribution is -2.32. The first kappa shape index (κ1) is 13.9. The monoisotopic (exact) mass is 269 g/mol. The van der Waals surface area contributed by atoms with Gasteiger partial charge in [-0.1, -0.05) is 0 Å². The van der Waals surface area contributed by atoms with Crippen LogP contribution in [0, 0.1) is 12.8 Å². The Labute approximate surface area is 113 Å². The molecule has 0 saturated carbocycles. The predicted molar refractivity (Wildman–Crippen MR) is 75.0 cm³/mol. The molecule has 0 spiro atoms. The molecule has 1 N–H and O–H groups in total. The lowest BCUT2D eigenvalue weighted by Gasteiger charge is -2.16. The summed E-state index contributed by atoms with van der Waals surface area (Å²) in [4.78, 5) is 6.79. The van der Waals surface area contributed by atoms with Crippen molar-refractivity contribution in [2.75, 3.05) is 39.9 Å². The maximum Gasteiger partial charge on any atom is 0.0897 e. The van der Waals surface area contributed by atoms with E-state index < -0.39 is 0 Å². The number of aromatic nitrogens is 1. The standard InChI is InChI=1S/C13H23N3OS/c1-11-15-13(10-18-11)8-16(2)5-4-14-7-12-3-6-17-9-12/h10,12,14H,3-9H2,1-2H3. The summed E-state index contributed by atoms with van der Waals surface area (Å²) in [5.74, 6) is 0.719. The Morgan fingerprint density at radius 3 is 3.17 bits per heavy atom. The highest BCUT2D eigenvalue weighted by Crippen LogP contribution is 2.11. The lowest BCUT2D eigenvalue weighted by molar-refractivity contribution is 0.185. The van der Waals surface area contributed by atoms with E-state index in [4.69, 9.17) is 4.74 Å². The summed E-state index contributed by atoms with van der Waals surface area (Å²) in [6.07, 6.45) is 1.21. The summed E-state index contributed by atoms with van der Waals surface area (Å²) in [6.45, 7) is 8.05. The second-order valence-electron chi connectivity index (χ2n) is 5.03. The van der Waals surface area contributed by atoms with Gasteiger partial charge < -0.3 is 10.1 Å². The van der Waals surface area contributed by atoms with E-state index in [0.717, 1.165) is 50.3 Å². The van der Waals surface area contributed by atoms with Crippen molar-refractivity contribution in [2.45, 2.75) is 19.9 Å². The van der Waals surface area contributed by atoms with Crippen molar-refractivity contribution < 1.29 is 4.74 Å². The molecular weight excluding hydrogens is 246 g/mol. The molecule has 1 aliphatic rings. The Bertz CT molecular complexity index is 350. The molecule has 2 rings (SSSR count). The molecule has 102 valence electrons. The smallest absolute Gasteiger partial charge is 0.0897 e. The van der Waals surface area contributed by atoms with Crippen LogP contribution < -0.4 is 5.32 Å². The van der Waals surface area contributed by atoms with Gasteiger partial charge in [0.25, 0.3) is 0 Å². The van der Waals surface area contributed by atoms with Crippen LogP contribution >= 0.6 is 11.3 Å². The molecule has 1 fully saturated rings. The predicted octanol–water partition coefficient (Wildman–Crippen LogP) is 1.51. The third kappa shape index (κ3) is 4.65. The first-order valence-electron chi connectivity index (χ1n) is 6.62. The number of ether oxygens (including phenoxy) is 1. The zero-order valence-corrected chi connectivity index (χ0v) is 12.1. The van der Waals surface area contributed by atoms with Gasteiger partial charge >= 0.3 is 0 Å². The first-order valence-corrected chi connectivity index (χ1v) is 7.50. The molecule has 1 aliphatic heterocycles. The van der Waals surface area contributed by atoms with Crippen molar-refractivity contribution in [1.82, 2.24) is 15.2 Å². The van der Waals surface area contributed by atoms with Gasteiger partial charge in [-0.2, -0.15) is 0 Å². The van der Waals surface area contributed by atoms with Gasteiger partial charge in [0.1, 0.15) is 0 Å². The maximum absolute atomic E-state index is 5.36. The summed E-state index contributed by atoms with van der Waals surface area (Å²) in [7, 11) is 2.15. The number of nitrogens with one attached hydrogen (secondary N) is 1. The molecule has 0 bridgehead atoms. The Balaban J connectivity index is 1.55. The number of aryl methyl sites for hydroxylation is 1. The number of nitrogens with zero attached hydrogens (tertiary/aromatic N) is 2. The third-order valence-electron chi connectivity index (χ3n) is 3.23. The van der Waals surface area contributed by atoms with E-state index in [0.29, 0.717) is 0 Å². The maximum atomic E-state index is 5.36. The highest BCUT2D eigenvalue weighted by molar-refractivity contribution is 7.09. The van der Waals surface area contributed by atoms with Crippen LogP contribution in [0.2, 0.25) is 0 Å². The van der Waals surface area contributed by atoms with Crippen LogP contribution in [0.4, 0.5) is 0 Å². The van der Waals surface area contributed by atoms with Crippen molar-refractivity contribution in [3.8, 4) is 0 Å². The van der Waals surface area contributed by atoms with E-state index in [1.807, 2.05) is 0 Å². The molecule has 2 heterocycles. The van der Waals surface area contributed by atoms with Gasteiger partial charge in [-0.05, 0) is 26.3 Å². The van der Waals surface area contributed by atoms with E-state index in [-0.39, 0.29) is 0 Å². The van der Waals surface area contributed by atoms with E-state index in [1.54, 1.807) is 11.3 Å². The van der Waals surface area contributed by atoms with Crippen LogP contribution in [-0.4, -0.2) is 49.8 Å². The average Bonchev–Trinajstić information content (AvgIpc) is 2.96. The molecule has 1 aromatic heterocycles. The van der Waals surface area contributed by atoms with Crippen LogP contribution in [0.15, 0.2) is 5.38 Å². The average molecular weight is 269 g/mol. The van der Waals surface area contributed by atoms with Crippen molar-refractivity contribution in [3.05, 3.63) is 16.1 Å². The van der Waals surface area contributed by atoms with Gasteiger partial charge in [-0.3, -0.25) is 4.90 Å². The normalized spacial score (nSPS) is 19.8. The van der Waals surface area contributed by atoms with Crippen molar-refractivity contribution in [2.24, 2.45) is 5.92 Å². The summed E-state index contributed by atoms with van der Waals surface area (Å²) in [5.41, 5.74) is 1.18. The number of rotatable bonds is 7. The molecule has 0 aromatic carbocycles. The molecule has 1 aromatic rings. The molecular formula is C13H23N3OS. The molecule has 4 nitrogen and oxygen atoms in total. The van der Waals surface area contributed by atoms with Gasteiger partial charge in [0.05, 0.1) is 17.3 Å². The fraction of sp³-hybridized carbons (Fsp3) is 0.769. The van der Waals surface area contributed by atoms with Gasteiger partial charge in [0.15, 0.2) is 0 Å². The number of hydrogen-bond acceptors (Lipinski definition) is 5. The van der Waals surface area contributed by atoms with Crippen LogP contribution in [0.5, 0.6) is 0 Å². The number of thiazole rings is 1. The number of likely N-dealkylation sites (N-methyl/N-ethyl adjacent to an activating group) is 1. The summed E-state index contributed by atoms with van der Waals surface area (Å²) >= 11 is 1.72. The molecule has 0 aliphatic carbocycles. The summed E-state index contributed by atoms with van der Waals surface area (Å²) in [5, 5.41) is 6.81. The lowest BCUT2D eigenvalue weighted by atomic mass is 10.1. The summed E-state index contributed by atoms with van der Waals surface area (Å²) < 4.78 is 5.36. The largest absolute Gasteiger partial charge is 0.381 e. The van der Waals surface area contributed by atoms with Crippen LogP contribution in [0.25, 0.3) is 0 Å². The molecule has 18 heavy (non-hydrogen) atoms. The van der Waals surface area contributed by atoms with Gasteiger partial charge in [0.2, 0.25) is 0 Å². The van der Waals surface area contributed by atoms with Crippen molar-refractivity contribution in [1.29, 1.82) is 0 Å². The number of hydrogen-bond donors (Lipinski definition) is 1. The van der Waals surface area contributed by atoms with Gasteiger partial charge in [-0.25, -0.2) is 4.98 Å². The quantitative estimate of drug-likeness (QED) is 0.761. The van der Waals surface area contributed by atoms with Crippen LogP contribution in [0.3, 0.4) is 0 Å². The zero-order chi connectivity index (χ0) is 12.8. The minimum absolute atomic E-state index is 0.719. The Hall–Kier alpha value is -0.490. The van der Waals surface area contributed by atoms with Gasteiger partial charge in [-0.15, -0.1) is 11.3 Å². The minimum atomic E-state index is 0.719. The van der Waals surface area contributed by atoms with Crippen LogP contribution in [0.1, 0.15) is 17.1 Å². The fourth-order valence-electron chi connectivity index (χ4n) is 2.16. The van der Waals surface area contributed by atoms with Crippen molar-refractivity contribution in [3.63, 3.8) is 0 Å². The Morgan fingerprint density at radius 1 is 1.61 bits per heavy atom. The first-order chi connectivity index (χ1) is 8.74. The highest BCUT2D eigenvalue weighted by atomic mass is 32.1. The minimum Gasteiger partial charge on any atom is -0.381 e. The van der Waals surface area contributed by atoms with E-state index in [1.165, 1.54) is 12.1 Å². The molecule has 0 amide bonds. The Morgan fingerprint density at radius 2 is 2.50 bits per heavy atom. The second-order valence-corrected chi connectivity index (χ2v) is 6.09. The second kappa shape index (κ2) is 7.19. The summed E-state index contributed by atoms with van der Waals surface area (Å²) in [6, 6.07) is 0. The van der Waals surface area contributed by atoms with E-state index >= 15 is 0 Å². The SMILES string of the molecule is Cc1nc(CN(C)CCNCC2CCOC2)cs1. The molecule has 0 radical (unpaired) electrons. The van der Waals surface area contributed by atoms with E-state index in [2.05, 4.69) is 34.6 Å². The zero-order valence-electron chi connectivity index (χ0n) is 11.3. The van der Waals surface area contributed by atoms with E-state index in [9.17, 15) is 0 Å². The topological polar surface area (TPSA) is 37.4 Å². The van der Waals surface area contributed by atoms with Gasteiger partial charge in [0, 0.05) is 38.2 Å². The van der Waals surface area contributed by atoms with Crippen LogP contribution in [-0.2, 0) is 11.3 Å². The molecule has 5 heteroatoms. The van der Waals surface area contributed by atoms with Crippen molar-refractivity contribution >= 4 is 11.3 Å². The fourth-order valence-corrected chi connectivity index (χ4v) is 2.76. The highest BCUT2D eigenvalue weighted by Gasteiger charge is 2.14. The molecule has 1 atom stereocenters. The third-order valence-corrected chi connectivity index (χ3v) is 4.05. The Kier molecular flexibility index (Phi) is 5.56. The molecule has 1 saturated heterocycles. The molecule has 1 unspecified atom stereocenters.